The van der Waals surface area contributed by atoms with Gasteiger partial charge < -0.3 is 10.0 Å². The summed E-state index contributed by atoms with van der Waals surface area (Å²) >= 11 is 0. The van der Waals surface area contributed by atoms with E-state index in [4.69, 9.17) is 0 Å². The average molecular weight is 344 g/mol. The van der Waals surface area contributed by atoms with E-state index in [2.05, 4.69) is 18.7 Å². The van der Waals surface area contributed by atoms with E-state index < -0.39 is 5.60 Å². The molecule has 2 rings (SSSR count). The van der Waals surface area contributed by atoms with Gasteiger partial charge in [0.25, 0.3) is 0 Å². The molecular formula is C19H31ClFNO. The van der Waals surface area contributed by atoms with Crippen molar-refractivity contribution in [3.63, 3.8) is 0 Å². The molecule has 0 radical (unpaired) electrons. The summed E-state index contributed by atoms with van der Waals surface area (Å²) in [7, 11) is 0. The molecule has 1 saturated carbocycles. The van der Waals surface area contributed by atoms with Gasteiger partial charge in [0.2, 0.25) is 0 Å². The maximum Gasteiger partial charge on any atom is 0.126 e. The van der Waals surface area contributed by atoms with Gasteiger partial charge in [-0.15, -0.1) is 12.4 Å². The van der Waals surface area contributed by atoms with Crippen LogP contribution in [0.4, 0.5) is 4.39 Å². The first-order valence-corrected chi connectivity index (χ1v) is 8.80. The smallest absolute Gasteiger partial charge is 0.126 e. The Hall–Kier alpha value is -0.640. The Morgan fingerprint density at radius 3 is 2.57 bits per heavy atom. The third-order valence-electron chi connectivity index (χ3n) is 5.26. The molecule has 0 spiro atoms. The number of hydrogen-bond acceptors (Lipinski definition) is 2. The van der Waals surface area contributed by atoms with Gasteiger partial charge in [0.05, 0.1) is 5.60 Å². The van der Waals surface area contributed by atoms with Gasteiger partial charge in [-0.2, -0.15) is 0 Å². The minimum atomic E-state index is -0.742. The minimum Gasteiger partial charge on any atom is -0.389 e. The maximum absolute atomic E-state index is 14.2. The Labute approximate surface area is 146 Å². The van der Waals surface area contributed by atoms with Crippen LogP contribution in [0.15, 0.2) is 24.3 Å². The van der Waals surface area contributed by atoms with E-state index in [0.29, 0.717) is 5.56 Å². The predicted octanol–water partition coefficient (Wildman–Crippen LogP) is 4.76. The van der Waals surface area contributed by atoms with Crippen molar-refractivity contribution in [2.45, 2.75) is 63.9 Å². The van der Waals surface area contributed by atoms with Crippen molar-refractivity contribution >= 4 is 12.4 Å². The highest BCUT2D eigenvalue weighted by molar-refractivity contribution is 5.85. The fourth-order valence-electron chi connectivity index (χ4n) is 3.87. The van der Waals surface area contributed by atoms with Gasteiger partial charge in [-0.25, -0.2) is 4.39 Å². The molecule has 2 atom stereocenters. The zero-order valence-corrected chi connectivity index (χ0v) is 15.2. The van der Waals surface area contributed by atoms with Crippen molar-refractivity contribution < 1.29 is 9.50 Å². The van der Waals surface area contributed by atoms with Gasteiger partial charge in [0.1, 0.15) is 5.82 Å². The van der Waals surface area contributed by atoms with Crippen molar-refractivity contribution in [3.8, 4) is 0 Å². The molecule has 0 amide bonds. The van der Waals surface area contributed by atoms with E-state index in [-0.39, 0.29) is 24.1 Å². The quantitative estimate of drug-likeness (QED) is 0.771. The number of rotatable bonds is 7. The highest BCUT2D eigenvalue weighted by Gasteiger charge is 2.40. The molecule has 1 aliphatic rings. The van der Waals surface area contributed by atoms with Gasteiger partial charge in [-0.1, -0.05) is 44.9 Å². The van der Waals surface area contributed by atoms with E-state index in [0.717, 1.165) is 58.2 Å². The topological polar surface area (TPSA) is 23.5 Å². The molecule has 0 heterocycles. The Morgan fingerprint density at radius 1 is 1.22 bits per heavy atom. The van der Waals surface area contributed by atoms with Crippen molar-refractivity contribution in [2.24, 2.45) is 0 Å². The second-order valence-electron chi connectivity index (χ2n) is 6.55. The fraction of sp³-hybridized carbons (Fsp3) is 0.684. The molecule has 2 nitrogen and oxygen atoms in total. The van der Waals surface area contributed by atoms with Gasteiger partial charge in [-0.3, -0.25) is 0 Å². The Kier molecular flexibility index (Phi) is 8.52. The lowest BCUT2D eigenvalue weighted by atomic mass is 9.70. The zero-order valence-electron chi connectivity index (χ0n) is 14.4. The van der Waals surface area contributed by atoms with Crippen molar-refractivity contribution in [2.75, 3.05) is 19.6 Å². The van der Waals surface area contributed by atoms with Crippen LogP contribution < -0.4 is 0 Å². The molecule has 0 aliphatic heterocycles. The van der Waals surface area contributed by atoms with E-state index in [1.165, 1.54) is 6.07 Å². The van der Waals surface area contributed by atoms with Crippen LogP contribution in [0.5, 0.6) is 0 Å². The Morgan fingerprint density at radius 2 is 1.91 bits per heavy atom. The number of nitrogens with zero attached hydrogens (tertiary/aromatic N) is 1. The Bertz CT molecular complexity index is 466. The molecule has 1 aromatic rings. The largest absolute Gasteiger partial charge is 0.389 e. The molecule has 4 heteroatoms. The van der Waals surface area contributed by atoms with Crippen molar-refractivity contribution in [3.05, 3.63) is 35.6 Å². The summed E-state index contributed by atoms with van der Waals surface area (Å²) in [6.07, 6.45) is 5.56. The van der Waals surface area contributed by atoms with E-state index >= 15 is 0 Å². The molecule has 0 aromatic heterocycles. The van der Waals surface area contributed by atoms with Crippen molar-refractivity contribution in [1.82, 2.24) is 4.90 Å². The summed E-state index contributed by atoms with van der Waals surface area (Å²) in [4.78, 5) is 2.38. The molecule has 0 bridgehead atoms. The molecule has 23 heavy (non-hydrogen) atoms. The summed E-state index contributed by atoms with van der Waals surface area (Å²) < 4.78 is 14.2. The highest BCUT2D eigenvalue weighted by Crippen LogP contribution is 2.44. The molecule has 1 aliphatic carbocycles. The highest BCUT2D eigenvalue weighted by atomic mass is 35.5. The van der Waals surface area contributed by atoms with Crippen molar-refractivity contribution in [1.29, 1.82) is 0 Å². The lowest BCUT2D eigenvalue weighted by Gasteiger charge is -2.41. The third kappa shape index (κ3) is 5.17. The lowest BCUT2D eigenvalue weighted by Crippen LogP contribution is -2.40. The lowest BCUT2D eigenvalue weighted by molar-refractivity contribution is -0.0284. The zero-order chi connectivity index (χ0) is 16.0. The summed E-state index contributed by atoms with van der Waals surface area (Å²) in [5.41, 5.74) is -0.0410. The van der Waals surface area contributed by atoms with Crippen LogP contribution in [0.25, 0.3) is 0 Å². The second-order valence-corrected chi connectivity index (χ2v) is 6.55. The van der Waals surface area contributed by atoms with Crippen LogP contribution in [-0.2, 0) is 0 Å². The summed E-state index contributed by atoms with van der Waals surface area (Å²) in [5.74, 6) is -0.226. The van der Waals surface area contributed by atoms with Gasteiger partial charge in [-0.05, 0) is 56.9 Å². The normalized spacial score (nSPS) is 24.5. The average Bonchev–Trinajstić information content (AvgIpc) is 2.53. The minimum absolute atomic E-state index is 0. The van der Waals surface area contributed by atoms with E-state index in [1.807, 2.05) is 12.1 Å². The first-order chi connectivity index (χ1) is 10.6. The molecule has 0 saturated heterocycles. The SMILES string of the molecule is CCN(CC)CCC[C@@]1(O)CCCC[C@H]1c1ccccc1F.Cl. The Balaban J connectivity index is 0.00000264. The maximum atomic E-state index is 14.2. The van der Waals surface area contributed by atoms with Crippen LogP contribution in [0.1, 0.15) is 63.9 Å². The molecular weight excluding hydrogens is 313 g/mol. The van der Waals surface area contributed by atoms with Gasteiger partial charge in [0, 0.05) is 5.92 Å². The number of hydrogen-bond donors (Lipinski definition) is 1. The van der Waals surface area contributed by atoms with Crippen LogP contribution in [0.3, 0.4) is 0 Å². The summed E-state index contributed by atoms with van der Waals surface area (Å²) in [6.45, 7) is 7.44. The number of benzene rings is 1. The van der Waals surface area contributed by atoms with Crippen LogP contribution in [-0.4, -0.2) is 35.2 Å². The monoisotopic (exact) mass is 343 g/mol. The summed E-state index contributed by atoms with van der Waals surface area (Å²) in [5, 5.41) is 11.2. The van der Waals surface area contributed by atoms with Crippen LogP contribution in [0, 0.1) is 5.82 Å². The predicted molar refractivity (Wildman–Crippen MR) is 96.8 cm³/mol. The number of aliphatic hydroxyl groups is 1. The molecule has 0 unspecified atom stereocenters. The second kappa shape index (κ2) is 9.61. The summed E-state index contributed by atoms with van der Waals surface area (Å²) in [6, 6.07) is 6.96. The van der Waals surface area contributed by atoms with E-state index in [1.54, 1.807) is 6.07 Å². The van der Waals surface area contributed by atoms with Gasteiger partial charge >= 0.3 is 0 Å². The van der Waals surface area contributed by atoms with Crippen LogP contribution in [0.2, 0.25) is 0 Å². The number of halogens is 2. The van der Waals surface area contributed by atoms with Crippen LogP contribution >= 0.6 is 12.4 Å². The molecule has 1 fully saturated rings. The molecule has 1 aromatic carbocycles. The van der Waals surface area contributed by atoms with Gasteiger partial charge in [0.15, 0.2) is 0 Å². The molecule has 1 N–H and O–H groups in total. The van der Waals surface area contributed by atoms with E-state index in [9.17, 15) is 9.50 Å². The first-order valence-electron chi connectivity index (χ1n) is 8.80. The standard InChI is InChI=1S/C19H30FNO.ClH/c1-3-21(4-2)15-9-14-19(22)13-8-7-11-17(19)16-10-5-6-12-18(16)20;/h5-6,10,12,17,22H,3-4,7-9,11,13-15H2,1-2H3;1H/t17-,19-;/m0./s1. The fourth-order valence-corrected chi connectivity index (χ4v) is 3.87. The third-order valence-corrected chi connectivity index (χ3v) is 5.26. The molecule has 132 valence electrons. The first kappa shape index (κ1) is 20.4.